The molecule has 0 unspecified atom stereocenters. The first-order valence-corrected chi connectivity index (χ1v) is 10.2. The van der Waals surface area contributed by atoms with Gasteiger partial charge in [0.1, 0.15) is 11.4 Å². The summed E-state index contributed by atoms with van der Waals surface area (Å²) in [5.74, 6) is -0.226. The van der Waals surface area contributed by atoms with E-state index in [1.165, 1.54) is 0 Å². The second kappa shape index (κ2) is 6.90. The lowest BCUT2D eigenvalue weighted by molar-refractivity contribution is 0.0950. The zero-order chi connectivity index (χ0) is 21.8. The quantitative estimate of drug-likeness (QED) is 0.514. The van der Waals surface area contributed by atoms with E-state index in [1.807, 2.05) is 0 Å². The highest BCUT2D eigenvalue weighted by Crippen LogP contribution is 2.42. The molecule has 9 heteroatoms. The smallest absolute Gasteiger partial charge is 0.273 e. The van der Waals surface area contributed by atoms with Crippen LogP contribution < -0.4 is 16.4 Å². The van der Waals surface area contributed by atoms with Gasteiger partial charge in [-0.15, -0.1) is 0 Å². The molecule has 2 amide bonds. The monoisotopic (exact) mass is 417 g/mol. The highest BCUT2D eigenvalue weighted by molar-refractivity contribution is 6.05. The summed E-state index contributed by atoms with van der Waals surface area (Å²) >= 11 is 0. The molecule has 0 saturated heterocycles. The van der Waals surface area contributed by atoms with E-state index in [4.69, 9.17) is 5.73 Å². The van der Waals surface area contributed by atoms with Gasteiger partial charge in [-0.25, -0.2) is 9.97 Å². The molecule has 9 nitrogen and oxygen atoms in total. The third-order valence-corrected chi connectivity index (χ3v) is 5.73. The number of hydrogen-bond acceptors (Lipinski definition) is 6. The molecule has 5 N–H and O–H groups in total. The molecule has 3 aromatic rings. The summed E-state index contributed by atoms with van der Waals surface area (Å²) in [7, 11) is 0. The molecule has 2 aromatic heterocycles. The number of hydrogen-bond donors (Lipinski definition) is 4. The van der Waals surface area contributed by atoms with Crippen LogP contribution in [0.25, 0.3) is 11.4 Å². The molecule has 158 valence electrons. The van der Waals surface area contributed by atoms with Gasteiger partial charge < -0.3 is 16.4 Å². The lowest BCUT2D eigenvalue weighted by Gasteiger charge is -2.30. The third-order valence-electron chi connectivity index (χ3n) is 5.73. The van der Waals surface area contributed by atoms with Gasteiger partial charge in [0.25, 0.3) is 11.8 Å². The normalized spacial score (nSPS) is 16.2. The molecule has 0 spiro atoms. The van der Waals surface area contributed by atoms with Crippen molar-refractivity contribution in [2.75, 3.05) is 11.1 Å². The van der Waals surface area contributed by atoms with Crippen LogP contribution in [0, 0.1) is 0 Å². The van der Waals surface area contributed by atoms with E-state index in [0.29, 0.717) is 40.8 Å². The Hall–Kier alpha value is -3.75. The molecule has 1 saturated carbocycles. The van der Waals surface area contributed by atoms with Crippen molar-refractivity contribution in [2.45, 2.75) is 44.6 Å². The van der Waals surface area contributed by atoms with E-state index in [9.17, 15) is 9.59 Å². The van der Waals surface area contributed by atoms with Crippen LogP contribution in [0.3, 0.4) is 0 Å². The number of amides is 2. The number of carbonyl (C=O) groups is 2. The van der Waals surface area contributed by atoms with Gasteiger partial charge in [-0.05, 0) is 54.5 Å². The van der Waals surface area contributed by atoms with Crippen molar-refractivity contribution in [1.29, 1.82) is 0 Å². The maximum atomic E-state index is 13.1. The second-order valence-corrected chi connectivity index (χ2v) is 8.76. The van der Waals surface area contributed by atoms with E-state index in [2.05, 4.69) is 44.6 Å². The fourth-order valence-electron chi connectivity index (χ4n) is 4.05. The minimum absolute atomic E-state index is 0.0929. The zero-order valence-electron chi connectivity index (χ0n) is 17.3. The SMILES string of the molecule is CC1(C)Cc2cnc(N)nc2-c2n[nH]c(C(=O)Nc3ccc(C(=O)NC4CC4)cc3)c21. The van der Waals surface area contributed by atoms with Crippen LogP contribution >= 0.6 is 0 Å². The molecule has 5 rings (SSSR count). The number of anilines is 2. The number of carbonyl (C=O) groups excluding carboxylic acids is 2. The Morgan fingerprint density at radius 1 is 1.13 bits per heavy atom. The number of H-pyrrole nitrogens is 1. The average Bonchev–Trinajstić information content (AvgIpc) is 3.41. The van der Waals surface area contributed by atoms with E-state index in [0.717, 1.165) is 24.0 Å². The summed E-state index contributed by atoms with van der Waals surface area (Å²) in [6, 6.07) is 7.14. The van der Waals surface area contributed by atoms with Gasteiger partial charge in [0, 0.05) is 29.1 Å². The first kappa shape index (κ1) is 19.2. The number of aromatic amines is 1. The molecule has 0 radical (unpaired) electrons. The van der Waals surface area contributed by atoms with Gasteiger partial charge in [0.15, 0.2) is 0 Å². The zero-order valence-corrected chi connectivity index (χ0v) is 17.3. The highest BCUT2D eigenvalue weighted by Gasteiger charge is 2.38. The summed E-state index contributed by atoms with van der Waals surface area (Å²) in [6.07, 6.45) is 4.46. The molecule has 0 atom stereocenters. The minimum atomic E-state index is -0.341. The summed E-state index contributed by atoms with van der Waals surface area (Å²) in [6.45, 7) is 4.12. The van der Waals surface area contributed by atoms with Crippen molar-refractivity contribution in [3.63, 3.8) is 0 Å². The summed E-state index contributed by atoms with van der Waals surface area (Å²) in [5.41, 5.74) is 10.0. The first-order chi connectivity index (χ1) is 14.8. The molecular formula is C22H23N7O2. The molecule has 31 heavy (non-hydrogen) atoms. The maximum Gasteiger partial charge on any atom is 0.273 e. The van der Waals surface area contributed by atoms with E-state index < -0.39 is 0 Å². The lowest BCUT2D eigenvalue weighted by atomic mass is 9.73. The largest absolute Gasteiger partial charge is 0.368 e. The van der Waals surface area contributed by atoms with Crippen molar-refractivity contribution in [2.24, 2.45) is 0 Å². The van der Waals surface area contributed by atoms with Crippen molar-refractivity contribution < 1.29 is 9.59 Å². The first-order valence-electron chi connectivity index (χ1n) is 10.2. The van der Waals surface area contributed by atoms with Gasteiger partial charge >= 0.3 is 0 Å². The van der Waals surface area contributed by atoms with Crippen LogP contribution in [0.15, 0.2) is 30.5 Å². The van der Waals surface area contributed by atoms with Crippen molar-refractivity contribution in [3.8, 4) is 11.4 Å². The van der Waals surface area contributed by atoms with Crippen LogP contribution in [0.4, 0.5) is 11.6 Å². The van der Waals surface area contributed by atoms with Crippen LogP contribution in [0.2, 0.25) is 0 Å². The van der Waals surface area contributed by atoms with Crippen LogP contribution in [-0.2, 0) is 11.8 Å². The number of benzene rings is 1. The molecule has 0 bridgehead atoms. The number of nitrogens with two attached hydrogens (primary N) is 1. The fraction of sp³-hybridized carbons (Fsp3) is 0.318. The number of fused-ring (bicyclic) bond motifs is 3. The molecule has 1 fully saturated rings. The molecule has 2 heterocycles. The Morgan fingerprint density at radius 3 is 2.58 bits per heavy atom. The highest BCUT2D eigenvalue weighted by atomic mass is 16.2. The van der Waals surface area contributed by atoms with Crippen LogP contribution in [0.5, 0.6) is 0 Å². The lowest BCUT2D eigenvalue weighted by Crippen LogP contribution is -2.29. The molecule has 1 aromatic carbocycles. The van der Waals surface area contributed by atoms with E-state index in [1.54, 1.807) is 30.5 Å². The Morgan fingerprint density at radius 2 is 1.87 bits per heavy atom. The summed E-state index contributed by atoms with van der Waals surface area (Å²) in [4.78, 5) is 33.6. The van der Waals surface area contributed by atoms with Gasteiger partial charge in [0.2, 0.25) is 5.95 Å². The van der Waals surface area contributed by atoms with Crippen LogP contribution in [-0.4, -0.2) is 38.0 Å². The Bertz CT molecular complexity index is 1190. The predicted octanol–water partition coefficient (Wildman–Crippen LogP) is 2.43. The minimum Gasteiger partial charge on any atom is -0.368 e. The third kappa shape index (κ3) is 3.52. The molecule has 2 aliphatic carbocycles. The Balaban J connectivity index is 1.40. The fourth-order valence-corrected chi connectivity index (χ4v) is 4.05. The van der Waals surface area contributed by atoms with Crippen molar-refractivity contribution in [3.05, 3.63) is 52.8 Å². The average molecular weight is 417 g/mol. The van der Waals surface area contributed by atoms with Gasteiger partial charge in [-0.1, -0.05) is 13.8 Å². The number of nitrogens with zero attached hydrogens (tertiary/aromatic N) is 3. The van der Waals surface area contributed by atoms with Crippen molar-refractivity contribution >= 4 is 23.5 Å². The molecule has 2 aliphatic rings. The number of aromatic nitrogens is 4. The Labute approximate surface area is 178 Å². The number of rotatable bonds is 4. The molecule has 0 aliphatic heterocycles. The number of nitrogens with one attached hydrogen (secondary N) is 3. The predicted molar refractivity (Wildman–Crippen MR) is 116 cm³/mol. The standard InChI is InChI=1S/C22H23N7O2/c1-22(2)9-12-10-24-21(23)27-16(12)17-15(22)18(29-28-17)20(31)26-13-5-3-11(4-6-13)19(30)25-14-7-8-14/h3-6,10,14H,7-9H2,1-2H3,(H,25,30)(H,26,31)(H,28,29)(H2,23,24,27). The van der Waals surface area contributed by atoms with Gasteiger partial charge in [-0.3, -0.25) is 14.7 Å². The second-order valence-electron chi connectivity index (χ2n) is 8.76. The van der Waals surface area contributed by atoms with Gasteiger partial charge in [-0.2, -0.15) is 5.10 Å². The topological polar surface area (TPSA) is 139 Å². The summed E-state index contributed by atoms with van der Waals surface area (Å²) < 4.78 is 0. The maximum absolute atomic E-state index is 13.1. The number of nitrogen functional groups attached to an aromatic ring is 1. The van der Waals surface area contributed by atoms with Crippen molar-refractivity contribution in [1.82, 2.24) is 25.5 Å². The van der Waals surface area contributed by atoms with Crippen LogP contribution in [0.1, 0.15) is 58.7 Å². The van der Waals surface area contributed by atoms with Gasteiger partial charge in [0.05, 0.1) is 5.69 Å². The summed E-state index contributed by atoms with van der Waals surface area (Å²) in [5, 5.41) is 13.1. The Kier molecular flexibility index (Phi) is 4.28. The molecular weight excluding hydrogens is 394 g/mol. The van der Waals surface area contributed by atoms with E-state index in [-0.39, 0.29) is 23.2 Å². The van der Waals surface area contributed by atoms with E-state index >= 15 is 0 Å².